The number of hydrogen-bond donors (Lipinski definition) is 1. The lowest BCUT2D eigenvalue weighted by atomic mass is 10.2. The zero-order valence-corrected chi connectivity index (χ0v) is 11.2. The van der Waals surface area contributed by atoms with E-state index in [-0.39, 0.29) is 5.69 Å². The normalized spacial score (nSPS) is 9.89. The average molecular weight is 294 g/mol. The molecule has 0 amide bonds. The summed E-state index contributed by atoms with van der Waals surface area (Å²) >= 11 is 7.25. The minimum Gasteiger partial charge on any atom is -0.375 e. The van der Waals surface area contributed by atoms with Crippen molar-refractivity contribution in [2.45, 2.75) is 6.54 Å². The van der Waals surface area contributed by atoms with Gasteiger partial charge >= 0.3 is 0 Å². The van der Waals surface area contributed by atoms with Crippen molar-refractivity contribution in [3.63, 3.8) is 0 Å². The van der Waals surface area contributed by atoms with Crippen LogP contribution in [0.15, 0.2) is 29.6 Å². The van der Waals surface area contributed by atoms with Crippen LogP contribution in [0.5, 0.6) is 0 Å². The predicted molar refractivity (Wildman–Crippen MR) is 74.5 cm³/mol. The van der Waals surface area contributed by atoms with E-state index < -0.39 is 4.92 Å². The minimum absolute atomic E-state index is 0.0264. The van der Waals surface area contributed by atoms with Gasteiger partial charge in [0.25, 0.3) is 5.69 Å². The van der Waals surface area contributed by atoms with Crippen molar-refractivity contribution in [3.05, 3.63) is 55.2 Å². The topological polar surface area (TPSA) is 79.0 Å². The van der Waals surface area contributed by atoms with Crippen molar-refractivity contribution in [2.75, 3.05) is 5.32 Å². The van der Waals surface area contributed by atoms with Crippen molar-refractivity contribution >= 4 is 34.3 Å². The summed E-state index contributed by atoms with van der Waals surface area (Å²) < 4.78 is 0. The maximum Gasteiger partial charge on any atom is 0.292 e. The van der Waals surface area contributed by atoms with Crippen LogP contribution >= 0.6 is 22.9 Å². The van der Waals surface area contributed by atoms with Gasteiger partial charge < -0.3 is 5.32 Å². The van der Waals surface area contributed by atoms with E-state index in [0.29, 0.717) is 22.8 Å². The van der Waals surface area contributed by atoms with E-state index in [1.165, 1.54) is 29.5 Å². The Morgan fingerprint density at radius 3 is 2.89 bits per heavy atom. The molecule has 0 unspecified atom stereocenters. The van der Waals surface area contributed by atoms with Crippen LogP contribution in [0.1, 0.15) is 10.4 Å². The summed E-state index contributed by atoms with van der Waals surface area (Å²) in [5.41, 5.74) is 0.924. The monoisotopic (exact) mass is 293 g/mol. The molecule has 0 radical (unpaired) electrons. The summed E-state index contributed by atoms with van der Waals surface area (Å²) in [6.45, 7) is 0.410. The third kappa shape index (κ3) is 3.22. The Balaban J connectivity index is 2.17. The van der Waals surface area contributed by atoms with Crippen LogP contribution < -0.4 is 5.32 Å². The first-order chi connectivity index (χ1) is 9.10. The smallest absolute Gasteiger partial charge is 0.292 e. The number of nitriles is 1. The van der Waals surface area contributed by atoms with Gasteiger partial charge in [-0.2, -0.15) is 5.26 Å². The first kappa shape index (κ1) is 13.3. The standard InChI is InChI=1S/C12H8ClN3O2S/c13-9-1-2-12(16(17)18)11(4-9)15-6-10-3-8(5-14)7-19-10/h1-4,7,15H,6H2. The van der Waals surface area contributed by atoms with E-state index in [4.69, 9.17) is 16.9 Å². The van der Waals surface area contributed by atoms with Gasteiger partial charge in [-0.15, -0.1) is 11.3 Å². The Bertz CT molecular complexity index is 663. The molecule has 19 heavy (non-hydrogen) atoms. The van der Waals surface area contributed by atoms with Crippen molar-refractivity contribution in [3.8, 4) is 6.07 Å². The maximum atomic E-state index is 10.9. The van der Waals surface area contributed by atoms with Gasteiger partial charge in [0, 0.05) is 27.9 Å². The quantitative estimate of drug-likeness (QED) is 0.687. The molecule has 0 aliphatic rings. The van der Waals surface area contributed by atoms with Crippen LogP contribution in [-0.2, 0) is 6.54 Å². The number of nitro groups is 1. The molecule has 1 aromatic carbocycles. The summed E-state index contributed by atoms with van der Waals surface area (Å²) in [4.78, 5) is 11.3. The molecule has 5 nitrogen and oxygen atoms in total. The lowest BCUT2D eigenvalue weighted by molar-refractivity contribution is -0.384. The predicted octanol–water partition coefficient (Wildman–Crippen LogP) is 3.79. The van der Waals surface area contributed by atoms with Gasteiger partial charge in [0.2, 0.25) is 0 Å². The summed E-state index contributed by atoms with van der Waals surface area (Å²) in [5, 5.41) is 24.7. The largest absolute Gasteiger partial charge is 0.375 e. The van der Waals surface area contributed by atoms with E-state index >= 15 is 0 Å². The molecule has 2 rings (SSSR count). The van der Waals surface area contributed by atoms with E-state index in [9.17, 15) is 10.1 Å². The lowest BCUT2D eigenvalue weighted by Gasteiger charge is -2.06. The number of nitro benzene ring substituents is 1. The Morgan fingerprint density at radius 1 is 1.47 bits per heavy atom. The van der Waals surface area contributed by atoms with Gasteiger partial charge in [0.15, 0.2) is 0 Å². The number of benzene rings is 1. The Morgan fingerprint density at radius 2 is 2.26 bits per heavy atom. The number of halogens is 1. The Hall–Kier alpha value is -2.10. The summed E-state index contributed by atoms with van der Waals surface area (Å²) in [6.07, 6.45) is 0. The molecule has 96 valence electrons. The van der Waals surface area contributed by atoms with Gasteiger partial charge in [0.05, 0.1) is 10.5 Å². The molecular weight excluding hydrogens is 286 g/mol. The Kier molecular flexibility index (Phi) is 4.00. The fourth-order valence-corrected chi connectivity index (χ4v) is 2.45. The van der Waals surface area contributed by atoms with E-state index in [2.05, 4.69) is 5.32 Å². The highest BCUT2D eigenvalue weighted by Gasteiger charge is 2.13. The molecule has 0 fully saturated rings. The van der Waals surface area contributed by atoms with E-state index in [0.717, 1.165) is 4.88 Å². The SMILES string of the molecule is N#Cc1csc(CNc2cc(Cl)ccc2[N+](=O)[O-])c1. The Labute approximate surface area is 118 Å². The highest BCUT2D eigenvalue weighted by molar-refractivity contribution is 7.10. The van der Waals surface area contributed by atoms with Crippen molar-refractivity contribution < 1.29 is 4.92 Å². The van der Waals surface area contributed by atoms with E-state index in [1.807, 2.05) is 6.07 Å². The van der Waals surface area contributed by atoms with Crippen LogP contribution in [0.3, 0.4) is 0 Å². The second kappa shape index (κ2) is 5.69. The average Bonchev–Trinajstić information content (AvgIpc) is 2.84. The number of hydrogen-bond acceptors (Lipinski definition) is 5. The van der Waals surface area contributed by atoms with Crippen LogP contribution in [0.4, 0.5) is 11.4 Å². The highest BCUT2D eigenvalue weighted by Crippen LogP contribution is 2.28. The first-order valence-corrected chi connectivity index (χ1v) is 6.51. The summed E-state index contributed by atoms with van der Waals surface area (Å²) in [6, 6.07) is 8.13. The van der Waals surface area contributed by atoms with Crippen LogP contribution in [0.2, 0.25) is 5.02 Å². The van der Waals surface area contributed by atoms with Crippen LogP contribution in [-0.4, -0.2) is 4.92 Å². The number of nitrogens with zero attached hydrogens (tertiary/aromatic N) is 2. The number of rotatable bonds is 4. The van der Waals surface area contributed by atoms with Crippen molar-refractivity contribution in [2.24, 2.45) is 0 Å². The number of anilines is 1. The molecule has 0 atom stereocenters. The molecule has 0 saturated carbocycles. The zero-order valence-electron chi connectivity index (χ0n) is 9.59. The maximum absolute atomic E-state index is 10.9. The van der Waals surface area contributed by atoms with E-state index in [1.54, 1.807) is 11.4 Å². The minimum atomic E-state index is -0.464. The van der Waals surface area contributed by atoms with Crippen molar-refractivity contribution in [1.82, 2.24) is 0 Å². The number of nitrogens with one attached hydrogen (secondary N) is 1. The summed E-state index contributed by atoms with van der Waals surface area (Å²) in [5.74, 6) is 0. The molecule has 1 N–H and O–H groups in total. The second-order valence-corrected chi connectivity index (χ2v) is 5.12. The first-order valence-electron chi connectivity index (χ1n) is 5.25. The van der Waals surface area contributed by atoms with Gasteiger partial charge in [-0.05, 0) is 18.2 Å². The molecular formula is C12H8ClN3O2S. The van der Waals surface area contributed by atoms with Gasteiger partial charge in [0.1, 0.15) is 11.8 Å². The van der Waals surface area contributed by atoms with Crippen molar-refractivity contribution in [1.29, 1.82) is 5.26 Å². The molecule has 0 aliphatic carbocycles. The van der Waals surface area contributed by atoms with Crippen LogP contribution in [0.25, 0.3) is 0 Å². The summed E-state index contributed by atoms with van der Waals surface area (Å²) in [7, 11) is 0. The zero-order chi connectivity index (χ0) is 13.8. The second-order valence-electron chi connectivity index (χ2n) is 3.69. The molecule has 2 aromatic rings. The molecule has 0 bridgehead atoms. The fraction of sp³-hybridized carbons (Fsp3) is 0.0833. The molecule has 7 heteroatoms. The van der Waals surface area contributed by atoms with Gasteiger partial charge in [-0.3, -0.25) is 10.1 Å². The third-order valence-corrected chi connectivity index (χ3v) is 3.56. The molecule has 1 aromatic heterocycles. The molecule has 0 aliphatic heterocycles. The highest BCUT2D eigenvalue weighted by atomic mass is 35.5. The molecule has 0 spiro atoms. The van der Waals surface area contributed by atoms with Gasteiger partial charge in [-0.25, -0.2) is 0 Å². The molecule has 0 saturated heterocycles. The van der Waals surface area contributed by atoms with Crippen LogP contribution in [0, 0.1) is 21.4 Å². The molecule has 1 heterocycles. The lowest BCUT2D eigenvalue weighted by Crippen LogP contribution is -2.01. The fourth-order valence-electron chi connectivity index (χ4n) is 1.52. The van der Waals surface area contributed by atoms with Gasteiger partial charge in [-0.1, -0.05) is 11.6 Å². The third-order valence-electron chi connectivity index (χ3n) is 2.39. The number of thiophene rings is 1.